The van der Waals surface area contributed by atoms with E-state index >= 15 is 0 Å². The first-order chi connectivity index (χ1) is 11.9. The van der Waals surface area contributed by atoms with Gasteiger partial charge >= 0.3 is 0 Å². The van der Waals surface area contributed by atoms with Gasteiger partial charge in [0.1, 0.15) is 17.5 Å². The summed E-state index contributed by atoms with van der Waals surface area (Å²) < 4.78 is 5.91. The van der Waals surface area contributed by atoms with Crippen molar-refractivity contribution in [1.82, 2.24) is 9.80 Å². The Hall–Kier alpha value is -1.85. The van der Waals surface area contributed by atoms with Crippen LogP contribution >= 0.6 is 12.4 Å². The second-order valence-electron chi connectivity index (χ2n) is 7.05. The first kappa shape index (κ1) is 20.5. The van der Waals surface area contributed by atoms with Gasteiger partial charge in [-0.25, -0.2) is 0 Å². The van der Waals surface area contributed by atoms with Gasteiger partial charge in [0.05, 0.1) is 30.8 Å². The van der Waals surface area contributed by atoms with E-state index in [2.05, 4.69) is 6.07 Å². The zero-order valence-corrected chi connectivity index (χ0v) is 15.7. The molecule has 8 heteroatoms. The number of aliphatic hydroxyl groups is 2. The van der Waals surface area contributed by atoms with Crippen LogP contribution in [-0.2, 0) is 4.79 Å². The Morgan fingerprint density at radius 2 is 2.12 bits per heavy atom. The number of hydrogen-bond donors (Lipinski definition) is 2. The summed E-state index contributed by atoms with van der Waals surface area (Å²) in [5, 5.41) is 29.1. The Morgan fingerprint density at radius 1 is 1.38 bits per heavy atom. The molecule has 1 amide bonds. The molecule has 1 aromatic carbocycles. The summed E-state index contributed by atoms with van der Waals surface area (Å²) in [5.41, 5.74) is 0.273. The molecule has 1 aromatic rings. The highest BCUT2D eigenvalue weighted by molar-refractivity contribution is 5.85. The zero-order valence-electron chi connectivity index (χ0n) is 14.9. The number of rotatable bonds is 3. The topological polar surface area (TPSA) is 97.0 Å². The van der Waals surface area contributed by atoms with Gasteiger partial charge in [0.25, 0.3) is 0 Å². The molecule has 2 N–H and O–H groups in total. The van der Waals surface area contributed by atoms with Crippen LogP contribution in [-0.4, -0.2) is 70.4 Å². The molecule has 2 aliphatic rings. The molecule has 2 heterocycles. The number of carbonyl (C=O) groups excluding carboxylic acids is 1. The fourth-order valence-electron chi connectivity index (χ4n) is 3.54. The number of halogens is 1. The van der Waals surface area contributed by atoms with Crippen molar-refractivity contribution in [3.05, 3.63) is 29.3 Å². The second kappa shape index (κ2) is 7.80. The first-order valence-electron chi connectivity index (χ1n) is 8.41. The molecule has 1 fully saturated rings. The molecule has 1 saturated heterocycles. The first-order valence-corrected chi connectivity index (χ1v) is 8.41. The van der Waals surface area contributed by atoms with E-state index in [-0.39, 0.29) is 31.5 Å². The van der Waals surface area contributed by atoms with Crippen molar-refractivity contribution < 1.29 is 19.7 Å². The second-order valence-corrected chi connectivity index (χ2v) is 7.05. The van der Waals surface area contributed by atoms with Gasteiger partial charge in [-0.3, -0.25) is 9.69 Å². The molecule has 2 atom stereocenters. The van der Waals surface area contributed by atoms with E-state index in [4.69, 9.17) is 9.84 Å². The van der Waals surface area contributed by atoms with Crippen molar-refractivity contribution in [2.75, 3.05) is 32.8 Å². The van der Waals surface area contributed by atoms with Crippen LogP contribution in [0, 0.1) is 11.3 Å². The van der Waals surface area contributed by atoms with E-state index < -0.39 is 17.7 Å². The Morgan fingerprint density at radius 3 is 2.73 bits per heavy atom. The number of ether oxygens (including phenoxy) is 1. The predicted octanol–water partition coefficient (Wildman–Crippen LogP) is 0.690. The van der Waals surface area contributed by atoms with Crippen LogP contribution in [0.3, 0.4) is 0 Å². The van der Waals surface area contributed by atoms with Crippen molar-refractivity contribution in [1.29, 1.82) is 5.26 Å². The van der Waals surface area contributed by atoms with Gasteiger partial charge in [0, 0.05) is 25.2 Å². The number of nitriles is 1. The van der Waals surface area contributed by atoms with Crippen LogP contribution in [0.2, 0.25) is 0 Å². The van der Waals surface area contributed by atoms with Gasteiger partial charge in [-0.1, -0.05) is 0 Å². The number of aliphatic hydroxyl groups excluding tert-OH is 2. The largest absolute Gasteiger partial charge is 0.485 e. The van der Waals surface area contributed by atoms with E-state index in [1.807, 2.05) is 4.90 Å². The average Bonchev–Trinajstić information content (AvgIpc) is 2.57. The lowest BCUT2D eigenvalue weighted by Gasteiger charge is -2.48. The maximum atomic E-state index is 12.7. The van der Waals surface area contributed by atoms with Gasteiger partial charge in [0.2, 0.25) is 5.91 Å². The number of amides is 1. The highest BCUT2D eigenvalue weighted by Gasteiger charge is 2.47. The van der Waals surface area contributed by atoms with Gasteiger partial charge < -0.3 is 19.8 Å². The number of β-amino-alcohol motifs (C(OH)–C–C–N with tert-alkyl or cyclic N) is 1. The molecular formula is C18H24ClN3O4. The molecule has 7 nitrogen and oxygen atoms in total. The fraction of sp³-hybridized carbons (Fsp3) is 0.556. The Kier molecular flexibility index (Phi) is 6.14. The van der Waals surface area contributed by atoms with E-state index in [0.29, 0.717) is 36.5 Å². The van der Waals surface area contributed by atoms with E-state index in [0.717, 1.165) is 0 Å². The van der Waals surface area contributed by atoms with Crippen LogP contribution < -0.4 is 4.74 Å². The molecular weight excluding hydrogens is 358 g/mol. The molecule has 2 aliphatic heterocycles. The number of carbonyl (C=O) groups is 1. The molecule has 26 heavy (non-hydrogen) atoms. The van der Waals surface area contributed by atoms with Crippen LogP contribution in [0.4, 0.5) is 0 Å². The van der Waals surface area contributed by atoms with Crippen LogP contribution in [0.15, 0.2) is 18.2 Å². The molecule has 0 radical (unpaired) electrons. The maximum absolute atomic E-state index is 12.7. The van der Waals surface area contributed by atoms with Crippen LogP contribution in [0.1, 0.15) is 31.0 Å². The molecule has 0 saturated carbocycles. The summed E-state index contributed by atoms with van der Waals surface area (Å²) >= 11 is 0. The van der Waals surface area contributed by atoms with Crippen molar-refractivity contribution in [2.24, 2.45) is 0 Å². The SMILES string of the molecule is CC1(C)Oc2ccc(C#N)cc2[C@@H](N2CCN(CCO)CC2=O)[C@@H]1O.Cl. The van der Waals surface area contributed by atoms with Crippen molar-refractivity contribution in [3.63, 3.8) is 0 Å². The average molecular weight is 382 g/mol. The predicted molar refractivity (Wildman–Crippen MR) is 97.1 cm³/mol. The van der Waals surface area contributed by atoms with Crippen LogP contribution in [0.25, 0.3) is 0 Å². The zero-order chi connectivity index (χ0) is 18.2. The maximum Gasteiger partial charge on any atom is 0.237 e. The normalized spacial score (nSPS) is 24.9. The lowest BCUT2D eigenvalue weighted by atomic mass is 9.84. The van der Waals surface area contributed by atoms with Crippen molar-refractivity contribution in [3.8, 4) is 11.8 Å². The molecule has 0 bridgehead atoms. The molecule has 0 aromatic heterocycles. The third kappa shape index (κ3) is 3.64. The molecule has 0 aliphatic carbocycles. The summed E-state index contributed by atoms with van der Waals surface area (Å²) in [6, 6.07) is 6.62. The third-order valence-corrected chi connectivity index (χ3v) is 4.93. The summed E-state index contributed by atoms with van der Waals surface area (Å²) in [4.78, 5) is 16.2. The highest BCUT2D eigenvalue weighted by atomic mass is 35.5. The smallest absolute Gasteiger partial charge is 0.237 e. The highest BCUT2D eigenvalue weighted by Crippen LogP contribution is 2.43. The number of nitrogens with zero attached hydrogens (tertiary/aromatic N) is 3. The Bertz CT molecular complexity index is 719. The molecule has 0 unspecified atom stereocenters. The van der Waals surface area contributed by atoms with Crippen molar-refractivity contribution >= 4 is 18.3 Å². The minimum Gasteiger partial charge on any atom is -0.485 e. The number of fused-ring (bicyclic) bond motifs is 1. The van der Waals surface area contributed by atoms with E-state index in [1.165, 1.54) is 0 Å². The third-order valence-electron chi connectivity index (χ3n) is 4.93. The monoisotopic (exact) mass is 381 g/mol. The minimum absolute atomic E-state index is 0. The van der Waals surface area contributed by atoms with Gasteiger partial charge in [-0.15, -0.1) is 12.4 Å². The Labute approximate surface area is 159 Å². The summed E-state index contributed by atoms with van der Waals surface area (Å²) in [6.07, 6.45) is -0.915. The van der Waals surface area contributed by atoms with Gasteiger partial charge in [-0.2, -0.15) is 5.26 Å². The quantitative estimate of drug-likeness (QED) is 0.799. The number of benzene rings is 1. The van der Waals surface area contributed by atoms with Gasteiger partial charge in [0.15, 0.2) is 0 Å². The minimum atomic E-state index is -0.915. The lowest BCUT2D eigenvalue weighted by Crippen LogP contribution is -2.59. The van der Waals surface area contributed by atoms with Crippen molar-refractivity contribution in [2.45, 2.75) is 31.6 Å². The molecule has 3 rings (SSSR count). The van der Waals surface area contributed by atoms with Gasteiger partial charge in [-0.05, 0) is 32.0 Å². The number of hydrogen-bond acceptors (Lipinski definition) is 6. The standard InChI is InChI=1S/C18H23N3O4.ClH/c1-18(2)17(24)16(13-9-12(10-19)3-4-14(13)25-18)21-6-5-20(7-8-22)11-15(21)23;/h3-4,9,16-17,22,24H,5-8,11H2,1-2H3;1H/t16-,17+;/m1./s1. The lowest BCUT2D eigenvalue weighted by molar-refractivity contribution is -0.150. The summed E-state index contributed by atoms with van der Waals surface area (Å²) in [6.45, 7) is 5.33. The Balaban J connectivity index is 0.00000243. The van der Waals surface area contributed by atoms with E-state index in [1.54, 1.807) is 36.9 Å². The molecule has 142 valence electrons. The van der Waals surface area contributed by atoms with Crippen LogP contribution in [0.5, 0.6) is 5.75 Å². The molecule has 0 spiro atoms. The number of piperazine rings is 1. The summed E-state index contributed by atoms with van der Waals surface area (Å²) in [7, 11) is 0. The summed E-state index contributed by atoms with van der Waals surface area (Å²) in [5.74, 6) is 0.486. The fourth-order valence-corrected chi connectivity index (χ4v) is 3.54. The van der Waals surface area contributed by atoms with E-state index in [9.17, 15) is 15.2 Å².